The van der Waals surface area contributed by atoms with Crippen molar-refractivity contribution in [3.05, 3.63) is 34.6 Å². The number of esters is 1. The summed E-state index contributed by atoms with van der Waals surface area (Å²) in [6.07, 6.45) is -3.90. The van der Waals surface area contributed by atoms with Gasteiger partial charge in [-0.25, -0.2) is 8.78 Å². The Morgan fingerprint density at radius 2 is 1.90 bits per heavy atom. The highest BCUT2D eigenvalue weighted by Crippen LogP contribution is 2.36. The number of carbonyl (C=O) groups is 1. The SMILES string of the molecule is CC(=O)OC1=Cc2cc(F)c(OC(F)(F)F)c(F)c2CC1. The van der Waals surface area contributed by atoms with Crippen LogP contribution in [0.3, 0.4) is 0 Å². The molecule has 0 aliphatic heterocycles. The predicted molar refractivity (Wildman–Crippen MR) is 61.1 cm³/mol. The minimum Gasteiger partial charge on any atom is -0.431 e. The first-order valence-corrected chi connectivity index (χ1v) is 5.83. The Morgan fingerprint density at radius 3 is 2.48 bits per heavy atom. The van der Waals surface area contributed by atoms with Crippen molar-refractivity contribution in [3.63, 3.8) is 0 Å². The van der Waals surface area contributed by atoms with Crippen molar-refractivity contribution in [2.75, 3.05) is 0 Å². The molecular formula is C13H9F5O3. The summed E-state index contributed by atoms with van der Waals surface area (Å²) in [5, 5.41) is 0. The van der Waals surface area contributed by atoms with Gasteiger partial charge in [-0.15, -0.1) is 13.2 Å². The van der Waals surface area contributed by atoms with Gasteiger partial charge in [0.25, 0.3) is 0 Å². The molecule has 0 bridgehead atoms. The van der Waals surface area contributed by atoms with E-state index in [0.717, 1.165) is 6.92 Å². The van der Waals surface area contributed by atoms with E-state index in [1.807, 2.05) is 0 Å². The van der Waals surface area contributed by atoms with Crippen molar-refractivity contribution in [3.8, 4) is 5.75 Å². The molecule has 114 valence electrons. The van der Waals surface area contributed by atoms with E-state index in [4.69, 9.17) is 4.74 Å². The Labute approximate surface area is 116 Å². The monoisotopic (exact) mass is 308 g/mol. The molecule has 0 saturated carbocycles. The molecule has 8 heteroatoms. The quantitative estimate of drug-likeness (QED) is 0.617. The van der Waals surface area contributed by atoms with Crippen LogP contribution in [-0.2, 0) is 16.0 Å². The Hall–Kier alpha value is -2.12. The summed E-state index contributed by atoms with van der Waals surface area (Å²) in [5.74, 6) is -4.77. The number of rotatable bonds is 2. The maximum atomic E-state index is 13.9. The molecule has 1 aromatic rings. The van der Waals surface area contributed by atoms with Crippen molar-refractivity contribution >= 4 is 12.0 Å². The summed E-state index contributed by atoms with van der Waals surface area (Å²) in [4.78, 5) is 10.8. The fourth-order valence-electron chi connectivity index (χ4n) is 2.01. The standard InChI is InChI=1S/C13H9F5O3/c1-6(19)20-8-2-3-9-7(4-8)5-10(14)12(11(9)15)21-13(16,17)18/h4-5H,2-3H2,1H3. The van der Waals surface area contributed by atoms with E-state index in [9.17, 15) is 26.7 Å². The largest absolute Gasteiger partial charge is 0.573 e. The van der Waals surface area contributed by atoms with E-state index in [2.05, 4.69) is 4.74 Å². The molecule has 0 saturated heterocycles. The van der Waals surface area contributed by atoms with Gasteiger partial charge in [-0.3, -0.25) is 4.79 Å². The van der Waals surface area contributed by atoms with Crippen LogP contribution in [0.15, 0.2) is 11.8 Å². The minimum absolute atomic E-state index is 0.0158. The van der Waals surface area contributed by atoms with Gasteiger partial charge in [0.05, 0.1) is 0 Å². The van der Waals surface area contributed by atoms with Gasteiger partial charge in [0, 0.05) is 13.3 Å². The number of halogens is 5. The van der Waals surface area contributed by atoms with Gasteiger partial charge in [0.2, 0.25) is 5.75 Å². The number of benzene rings is 1. The number of fused-ring (bicyclic) bond motifs is 1. The second kappa shape index (κ2) is 5.34. The fraction of sp³-hybridized carbons (Fsp3) is 0.308. The molecule has 0 atom stereocenters. The molecule has 21 heavy (non-hydrogen) atoms. The van der Waals surface area contributed by atoms with Gasteiger partial charge in [0.1, 0.15) is 5.76 Å². The lowest BCUT2D eigenvalue weighted by Gasteiger charge is -2.19. The van der Waals surface area contributed by atoms with Crippen LogP contribution in [0.25, 0.3) is 6.08 Å². The van der Waals surface area contributed by atoms with Gasteiger partial charge in [-0.1, -0.05) is 0 Å². The second-order valence-electron chi connectivity index (χ2n) is 4.32. The Kier molecular flexibility index (Phi) is 3.89. The van der Waals surface area contributed by atoms with Gasteiger partial charge >= 0.3 is 12.3 Å². The minimum atomic E-state index is -5.19. The van der Waals surface area contributed by atoms with E-state index in [1.54, 1.807) is 0 Å². The zero-order chi connectivity index (χ0) is 15.8. The van der Waals surface area contributed by atoms with Crippen molar-refractivity contribution in [1.29, 1.82) is 0 Å². The van der Waals surface area contributed by atoms with Crippen LogP contribution in [0, 0.1) is 11.6 Å². The summed E-state index contributed by atoms with van der Waals surface area (Å²) >= 11 is 0. The Balaban J connectivity index is 2.43. The summed E-state index contributed by atoms with van der Waals surface area (Å²) in [5.41, 5.74) is -0.103. The highest BCUT2D eigenvalue weighted by atomic mass is 19.4. The van der Waals surface area contributed by atoms with Crippen LogP contribution in [0.4, 0.5) is 22.0 Å². The van der Waals surface area contributed by atoms with Crippen LogP contribution < -0.4 is 4.74 Å². The highest BCUT2D eigenvalue weighted by molar-refractivity contribution is 5.70. The molecule has 1 aliphatic carbocycles. The van der Waals surface area contributed by atoms with Crippen molar-refractivity contribution < 1.29 is 36.2 Å². The summed E-state index contributed by atoms with van der Waals surface area (Å²) in [6, 6.07) is 0.710. The highest BCUT2D eigenvalue weighted by Gasteiger charge is 2.35. The molecular weight excluding hydrogens is 299 g/mol. The molecule has 2 rings (SSSR count). The van der Waals surface area contributed by atoms with Gasteiger partial charge in [0.15, 0.2) is 11.6 Å². The third kappa shape index (κ3) is 3.50. The third-order valence-electron chi connectivity index (χ3n) is 2.74. The Morgan fingerprint density at radius 1 is 1.24 bits per heavy atom. The second-order valence-corrected chi connectivity index (χ2v) is 4.32. The van der Waals surface area contributed by atoms with Crippen LogP contribution in [-0.4, -0.2) is 12.3 Å². The number of hydrogen-bond acceptors (Lipinski definition) is 3. The number of ether oxygens (including phenoxy) is 2. The molecule has 3 nitrogen and oxygen atoms in total. The van der Waals surface area contributed by atoms with E-state index in [0.29, 0.717) is 6.07 Å². The van der Waals surface area contributed by atoms with E-state index >= 15 is 0 Å². The lowest BCUT2D eigenvalue weighted by Crippen LogP contribution is -2.20. The first-order chi connectivity index (χ1) is 9.67. The van der Waals surface area contributed by atoms with Crippen molar-refractivity contribution in [2.24, 2.45) is 0 Å². The van der Waals surface area contributed by atoms with Crippen LogP contribution in [0.5, 0.6) is 5.75 Å². The topological polar surface area (TPSA) is 35.5 Å². The number of carbonyl (C=O) groups excluding carboxylic acids is 1. The molecule has 0 aromatic heterocycles. The summed E-state index contributed by atoms with van der Waals surface area (Å²) in [7, 11) is 0. The molecule has 0 radical (unpaired) electrons. The van der Waals surface area contributed by atoms with Crippen molar-refractivity contribution in [1.82, 2.24) is 0 Å². The average molecular weight is 308 g/mol. The predicted octanol–water partition coefficient (Wildman–Crippen LogP) is 3.71. The summed E-state index contributed by atoms with van der Waals surface area (Å²) in [6.45, 7) is 1.16. The van der Waals surface area contributed by atoms with Gasteiger partial charge in [-0.2, -0.15) is 0 Å². The van der Waals surface area contributed by atoms with Gasteiger partial charge in [-0.05, 0) is 29.7 Å². The maximum absolute atomic E-state index is 13.9. The molecule has 0 fully saturated rings. The molecule has 0 spiro atoms. The number of hydrogen-bond donors (Lipinski definition) is 0. The maximum Gasteiger partial charge on any atom is 0.573 e. The molecule has 0 unspecified atom stereocenters. The number of allylic oxidation sites excluding steroid dienone is 1. The first-order valence-electron chi connectivity index (χ1n) is 5.83. The Bertz CT molecular complexity index is 619. The first kappa shape index (κ1) is 15.3. The van der Waals surface area contributed by atoms with Gasteiger partial charge < -0.3 is 9.47 Å². The van der Waals surface area contributed by atoms with Crippen LogP contribution in [0.2, 0.25) is 0 Å². The number of alkyl halides is 3. The molecule has 0 amide bonds. The normalized spacial score (nSPS) is 14.3. The zero-order valence-electron chi connectivity index (χ0n) is 10.7. The van der Waals surface area contributed by atoms with Crippen LogP contribution in [0.1, 0.15) is 24.5 Å². The third-order valence-corrected chi connectivity index (χ3v) is 2.74. The molecule has 0 heterocycles. The zero-order valence-corrected chi connectivity index (χ0v) is 10.7. The lowest BCUT2D eigenvalue weighted by atomic mass is 9.95. The molecule has 1 aliphatic rings. The fourth-order valence-corrected chi connectivity index (χ4v) is 2.01. The van der Waals surface area contributed by atoms with Crippen molar-refractivity contribution in [2.45, 2.75) is 26.1 Å². The van der Waals surface area contributed by atoms with E-state index in [-0.39, 0.29) is 29.7 Å². The van der Waals surface area contributed by atoms with E-state index in [1.165, 1.54) is 6.08 Å². The smallest absolute Gasteiger partial charge is 0.431 e. The lowest BCUT2D eigenvalue weighted by molar-refractivity contribution is -0.276. The van der Waals surface area contributed by atoms with E-state index < -0.39 is 29.7 Å². The average Bonchev–Trinajstić information content (AvgIpc) is 2.32. The molecule has 0 N–H and O–H groups in total. The molecule has 1 aromatic carbocycles. The van der Waals surface area contributed by atoms with Crippen LogP contribution >= 0.6 is 0 Å². The summed E-state index contributed by atoms with van der Waals surface area (Å²) < 4.78 is 72.0.